The smallest absolute Gasteiger partial charge is 0.340 e. The van der Waals surface area contributed by atoms with E-state index in [1.54, 1.807) is 12.1 Å². The zero-order chi connectivity index (χ0) is 18.6. The molecule has 132 valence electrons. The lowest BCUT2D eigenvalue weighted by atomic mass is 10.1. The van der Waals surface area contributed by atoms with E-state index in [1.165, 1.54) is 24.3 Å². The minimum absolute atomic E-state index is 0.0439. The highest BCUT2D eigenvalue weighted by Gasteiger charge is 2.20. The molecule has 0 spiro atoms. The van der Waals surface area contributed by atoms with Gasteiger partial charge in [-0.2, -0.15) is 0 Å². The fraction of sp³-hybridized carbons (Fsp3) is 0.188. The number of rotatable bonds is 6. The molecule has 0 amide bonds. The topological polar surface area (TPSA) is 78.7 Å². The number of nitro benzene ring substituents is 1. The lowest BCUT2D eigenvalue weighted by Gasteiger charge is -2.13. The number of nitro groups is 1. The summed E-state index contributed by atoms with van der Waals surface area (Å²) in [6.07, 6.45) is -1.90. The normalized spacial score (nSPS) is 11.7. The number of esters is 1. The zero-order valence-corrected chi connectivity index (χ0v) is 16.0. The zero-order valence-electron chi connectivity index (χ0n) is 12.9. The van der Waals surface area contributed by atoms with Crippen LogP contribution in [0.1, 0.15) is 5.56 Å². The average molecular weight is 477 g/mol. The van der Waals surface area contributed by atoms with Crippen molar-refractivity contribution in [1.29, 1.82) is 0 Å². The van der Waals surface area contributed by atoms with Crippen LogP contribution in [-0.4, -0.2) is 24.2 Å². The van der Waals surface area contributed by atoms with E-state index in [9.17, 15) is 19.3 Å². The van der Waals surface area contributed by atoms with Gasteiger partial charge in [0.15, 0.2) is 5.75 Å². The molecule has 6 nitrogen and oxygen atoms in total. The SMILES string of the molecule is COC(=O)C(F)Cc1cc(Br)c(Oc2ccc([N+](=O)[O-])cc2)c(Br)c1. The van der Waals surface area contributed by atoms with Gasteiger partial charge in [-0.05, 0) is 61.7 Å². The number of ether oxygens (including phenoxy) is 2. The van der Waals surface area contributed by atoms with Crippen molar-refractivity contribution in [2.45, 2.75) is 12.6 Å². The summed E-state index contributed by atoms with van der Waals surface area (Å²) >= 11 is 6.67. The van der Waals surface area contributed by atoms with Crippen molar-refractivity contribution in [3.8, 4) is 11.5 Å². The monoisotopic (exact) mass is 475 g/mol. The maximum absolute atomic E-state index is 13.7. The molecule has 1 atom stereocenters. The molecule has 0 radical (unpaired) electrons. The standard InChI is InChI=1S/C16H12Br2FNO5/c1-24-16(21)14(19)8-9-6-12(17)15(13(18)7-9)25-11-4-2-10(3-5-11)20(22)23/h2-7,14H,8H2,1H3. The Bertz CT molecular complexity index is 775. The molecule has 0 aliphatic rings. The van der Waals surface area contributed by atoms with Gasteiger partial charge in [-0.3, -0.25) is 10.1 Å². The number of carbonyl (C=O) groups is 1. The first kappa shape index (κ1) is 19.3. The van der Waals surface area contributed by atoms with Crippen LogP contribution in [0.25, 0.3) is 0 Å². The van der Waals surface area contributed by atoms with Crippen molar-refractivity contribution in [1.82, 2.24) is 0 Å². The molecule has 0 heterocycles. The van der Waals surface area contributed by atoms with Gasteiger partial charge >= 0.3 is 5.97 Å². The Kier molecular flexibility index (Phi) is 6.49. The number of nitrogens with zero attached hydrogens (tertiary/aromatic N) is 1. The van der Waals surface area contributed by atoms with E-state index in [4.69, 9.17) is 4.74 Å². The number of hydrogen-bond acceptors (Lipinski definition) is 5. The molecule has 0 saturated heterocycles. The van der Waals surface area contributed by atoms with E-state index in [1.807, 2.05) is 0 Å². The number of alkyl halides is 1. The van der Waals surface area contributed by atoms with Gasteiger partial charge in [0.25, 0.3) is 5.69 Å². The number of halogens is 3. The van der Waals surface area contributed by atoms with Crippen molar-refractivity contribution < 1.29 is 23.6 Å². The van der Waals surface area contributed by atoms with Gasteiger partial charge in [0.2, 0.25) is 6.17 Å². The van der Waals surface area contributed by atoms with Gasteiger partial charge in [0.1, 0.15) is 5.75 Å². The van der Waals surface area contributed by atoms with Crippen LogP contribution in [0.3, 0.4) is 0 Å². The molecule has 1 unspecified atom stereocenters. The average Bonchev–Trinajstić information content (AvgIpc) is 2.57. The summed E-state index contributed by atoms with van der Waals surface area (Å²) in [5.41, 5.74) is 0.519. The first-order chi connectivity index (χ1) is 11.8. The molecule has 0 saturated carbocycles. The van der Waals surface area contributed by atoms with Crippen LogP contribution in [0, 0.1) is 10.1 Å². The Morgan fingerprint density at radius 2 is 1.80 bits per heavy atom. The van der Waals surface area contributed by atoms with Gasteiger partial charge in [-0.1, -0.05) is 0 Å². The largest absolute Gasteiger partial charge is 0.467 e. The number of benzene rings is 2. The van der Waals surface area contributed by atoms with Gasteiger partial charge in [0, 0.05) is 18.6 Å². The van der Waals surface area contributed by atoms with Crippen LogP contribution in [0.15, 0.2) is 45.3 Å². The summed E-state index contributed by atoms with van der Waals surface area (Å²) in [5.74, 6) is -0.109. The van der Waals surface area contributed by atoms with Crippen LogP contribution in [0.4, 0.5) is 10.1 Å². The first-order valence-corrected chi connectivity index (χ1v) is 8.52. The van der Waals surface area contributed by atoms with Gasteiger partial charge in [-0.15, -0.1) is 0 Å². The first-order valence-electron chi connectivity index (χ1n) is 6.94. The van der Waals surface area contributed by atoms with Crippen LogP contribution < -0.4 is 4.74 Å². The predicted octanol–water partition coefficient (Wildman–Crippen LogP) is 4.97. The Balaban J connectivity index is 2.19. The highest BCUT2D eigenvalue weighted by molar-refractivity contribution is 9.11. The summed E-state index contributed by atoms with van der Waals surface area (Å²) < 4.78 is 24.8. The van der Waals surface area contributed by atoms with E-state index in [2.05, 4.69) is 36.6 Å². The quantitative estimate of drug-likeness (QED) is 0.334. The van der Waals surface area contributed by atoms with E-state index in [0.29, 0.717) is 26.0 Å². The van der Waals surface area contributed by atoms with Crippen molar-refractivity contribution in [3.63, 3.8) is 0 Å². The fourth-order valence-electron chi connectivity index (χ4n) is 2.00. The van der Waals surface area contributed by atoms with Crippen molar-refractivity contribution in [2.24, 2.45) is 0 Å². The molecule has 2 aromatic rings. The highest BCUT2D eigenvalue weighted by atomic mass is 79.9. The van der Waals surface area contributed by atoms with Crippen molar-refractivity contribution in [3.05, 3.63) is 61.0 Å². The van der Waals surface area contributed by atoms with E-state index >= 15 is 0 Å². The van der Waals surface area contributed by atoms with Crippen molar-refractivity contribution in [2.75, 3.05) is 7.11 Å². The minimum Gasteiger partial charge on any atom is -0.467 e. The molecular formula is C16H12Br2FNO5. The van der Waals surface area contributed by atoms with Crippen LogP contribution in [0.5, 0.6) is 11.5 Å². The Morgan fingerprint density at radius 3 is 2.28 bits per heavy atom. The van der Waals surface area contributed by atoms with Crippen LogP contribution in [-0.2, 0) is 16.0 Å². The summed E-state index contributed by atoms with van der Waals surface area (Å²) in [4.78, 5) is 21.3. The lowest BCUT2D eigenvalue weighted by molar-refractivity contribution is -0.384. The molecule has 2 aromatic carbocycles. The molecule has 0 aliphatic carbocycles. The molecule has 9 heteroatoms. The Hall–Kier alpha value is -2.00. The second-order valence-corrected chi connectivity index (χ2v) is 6.65. The van der Waals surface area contributed by atoms with E-state index < -0.39 is 17.1 Å². The number of hydrogen-bond donors (Lipinski definition) is 0. The molecule has 0 fully saturated rings. The van der Waals surface area contributed by atoms with Gasteiger partial charge in [-0.25, -0.2) is 9.18 Å². The van der Waals surface area contributed by atoms with Crippen molar-refractivity contribution >= 4 is 43.5 Å². The Morgan fingerprint density at radius 1 is 1.24 bits per heavy atom. The van der Waals surface area contributed by atoms with Gasteiger partial charge in [0.05, 0.1) is 21.0 Å². The van der Waals surface area contributed by atoms with Gasteiger partial charge < -0.3 is 9.47 Å². The summed E-state index contributed by atoms with van der Waals surface area (Å²) in [7, 11) is 1.13. The molecule has 2 rings (SSSR count). The van der Waals surface area contributed by atoms with E-state index in [-0.39, 0.29) is 12.1 Å². The molecule has 0 N–H and O–H groups in total. The number of methoxy groups -OCH3 is 1. The highest BCUT2D eigenvalue weighted by Crippen LogP contribution is 2.38. The third-order valence-electron chi connectivity index (χ3n) is 3.20. The summed E-state index contributed by atoms with van der Waals surface area (Å²) in [5, 5.41) is 10.7. The third kappa shape index (κ3) is 4.99. The number of carbonyl (C=O) groups excluding carboxylic acids is 1. The molecule has 0 bridgehead atoms. The maximum Gasteiger partial charge on any atom is 0.340 e. The van der Waals surface area contributed by atoms with Crippen LogP contribution in [0.2, 0.25) is 0 Å². The molecular weight excluding hydrogens is 465 g/mol. The summed E-state index contributed by atoms with van der Waals surface area (Å²) in [6.45, 7) is 0. The molecule has 25 heavy (non-hydrogen) atoms. The maximum atomic E-state index is 13.7. The second kappa shape index (κ2) is 8.39. The lowest BCUT2D eigenvalue weighted by Crippen LogP contribution is -2.19. The molecule has 0 aliphatic heterocycles. The minimum atomic E-state index is -1.76. The fourth-order valence-corrected chi connectivity index (χ4v) is 3.44. The third-order valence-corrected chi connectivity index (χ3v) is 4.38. The summed E-state index contributed by atoms with van der Waals surface area (Å²) in [6, 6.07) is 8.85. The molecule has 0 aromatic heterocycles. The predicted molar refractivity (Wildman–Crippen MR) is 95.6 cm³/mol. The number of non-ortho nitro benzene ring substituents is 1. The van der Waals surface area contributed by atoms with Crippen LogP contribution >= 0.6 is 31.9 Å². The Labute approximate surface area is 159 Å². The van der Waals surface area contributed by atoms with E-state index in [0.717, 1.165) is 7.11 Å². The second-order valence-electron chi connectivity index (χ2n) is 4.94.